The molecule has 4 saturated heterocycles. The van der Waals surface area contributed by atoms with Gasteiger partial charge in [-0.25, -0.2) is 0 Å². The van der Waals surface area contributed by atoms with Crippen molar-refractivity contribution in [3.63, 3.8) is 0 Å². The van der Waals surface area contributed by atoms with Gasteiger partial charge in [0.25, 0.3) is 23.2 Å². The summed E-state index contributed by atoms with van der Waals surface area (Å²) < 4.78 is 17.8. The first kappa shape index (κ1) is 25.3. The SMILES string of the molecule is CC1C2OC(C(C)N2C(=O)C2(C)OC2c2ccc([N+](=O)[O-])cc2)N1C(=O)C1(C)OC1c1ccc([N+](=O)[O-])cc1. The smallest absolute Gasteiger partial charge is 0.269 e. The number of epoxide rings is 2. The first-order valence-corrected chi connectivity index (χ1v) is 12.5. The Hall–Kier alpha value is -3.94. The Morgan fingerprint density at radius 2 is 1.05 bits per heavy atom. The van der Waals surface area contributed by atoms with Gasteiger partial charge in [0.15, 0.2) is 23.7 Å². The summed E-state index contributed by atoms with van der Waals surface area (Å²) in [5, 5.41) is 21.9. The highest BCUT2D eigenvalue weighted by atomic mass is 16.6. The molecule has 8 unspecified atom stereocenters. The van der Waals surface area contributed by atoms with Crippen molar-refractivity contribution < 1.29 is 33.6 Å². The fraction of sp³-hybridized carbons (Fsp3) is 0.462. The Balaban J connectivity index is 1.15. The molecule has 0 N–H and O–H groups in total. The van der Waals surface area contributed by atoms with E-state index in [0.29, 0.717) is 11.1 Å². The second-order valence-corrected chi connectivity index (χ2v) is 10.7. The van der Waals surface area contributed by atoms with Gasteiger partial charge in [-0.3, -0.25) is 29.8 Å². The molecule has 204 valence electrons. The predicted octanol–water partition coefficient (Wildman–Crippen LogP) is 2.99. The maximum absolute atomic E-state index is 13.7. The molecule has 13 heteroatoms. The zero-order chi connectivity index (χ0) is 28.0. The number of nitrogens with zero attached hydrogens (tertiary/aromatic N) is 4. The van der Waals surface area contributed by atoms with Gasteiger partial charge in [-0.1, -0.05) is 0 Å². The summed E-state index contributed by atoms with van der Waals surface area (Å²) in [5.74, 6) is -0.551. The fourth-order valence-electron chi connectivity index (χ4n) is 5.88. The van der Waals surface area contributed by atoms with Crippen LogP contribution in [0.15, 0.2) is 48.5 Å². The van der Waals surface area contributed by atoms with E-state index in [0.717, 1.165) is 0 Å². The number of piperazine rings is 1. The Kier molecular flexibility index (Phi) is 5.38. The van der Waals surface area contributed by atoms with Crippen molar-refractivity contribution >= 4 is 23.2 Å². The van der Waals surface area contributed by atoms with E-state index in [1.54, 1.807) is 47.9 Å². The molecule has 4 heterocycles. The van der Waals surface area contributed by atoms with Crippen LogP contribution >= 0.6 is 0 Å². The van der Waals surface area contributed by atoms with Gasteiger partial charge in [0.1, 0.15) is 12.2 Å². The van der Waals surface area contributed by atoms with Crippen LogP contribution in [0.5, 0.6) is 0 Å². The molecule has 2 aromatic rings. The molecule has 4 aliphatic heterocycles. The summed E-state index contributed by atoms with van der Waals surface area (Å²) in [6.45, 7) is 6.99. The van der Waals surface area contributed by atoms with Gasteiger partial charge in [-0.15, -0.1) is 0 Å². The van der Waals surface area contributed by atoms with E-state index in [1.807, 2.05) is 13.8 Å². The molecule has 4 fully saturated rings. The molecule has 0 aliphatic carbocycles. The lowest BCUT2D eigenvalue weighted by atomic mass is 9.95. The van der Waals surface area contributed by atoms with E-state index >= 15 is 0 Å². The van der Waals surface area contributed by atoms with Crippen molar-refractivity contribution in [2.24, 2.45) is 0 Å². The number of benzene rings is 2. The van der Waals surface area contributed by atoms with E-state index in [9.17, 15) is 29.8 Å². The lowest BCUT2D eigenvalue weighted by Gasteiger charge is -2.41. The van der Waals surface area contributed by atoms with Gasteiger partial charge < -0.3 is 24.0 Å². The molecule has 6 rings (SSSR count). The first-order chi connectivity index (χ1) is 18.4. The summed E-state index contributed by atoms with van der Waals surface area (Å²) in [5.41, 5.74) is -1.08. The zero-order valence-electron chi connectivity index (χ0n) is 21.5. The molecule has 13 nitrogen and oxygen atoms in total. The Morgan fingerprint density at radius 3 is 1.36 bits per heavy atom. The molecule has 2 aromatic carbocycles. The van der Waals surface area contributed by atoms with Gasteiger partial charge in [0.2, 0.25) is 0 Å². The van der Waals surface area contributed by atoms with Crippen LogP contribution < -0.4 is 0 Å². The third-order valence-corrected chi connectivity index (χ3v) is 8.27. The van der Waals surface area contributed by atoms with E-state index in [-0.39, 0.29) is 23.2 Å². The second-order valence-electron chi connectivity index (χ2n) is 10.7. The number of amides is 2. The molecular weight excluding hydrogens is 512 g/mol. The quantitative estimate of drug-likeness (QED) is 0.306. The average molecular weight is 539 g/mol. The van der Waals surface area contributed by atoms with Crippen molar-refractivity contribution in [2.75, 3.05) is 0 Å². The van der Waals surface area contributed by atoms with E-state index in [2.05, 4.69) is 0 Å². The standard InChI is InChI=1S/C26H26N4O9/c1-13-21-28(24(32)26(4)20(39-26)16-7-11-18(12-8-16)30(35)36)14(2)22(37-21)27(13)23(31)25(3)19(38-25)15-5-9-17(10-6-15)29(33)34/h5-14,19-22H,1-4H3. The highest BCUT2D eigenvalue weighted by Gasteiger charge is 2.69. The van der Waals surface area contributed by atoms with Crippen LogP contribution in [0.3, 0.4) is 0 Å². The predicted molar refractivity (Wildman–Crippen MR) is 132 cm³/mol. The summed E-state index contributed by atoms with van der Waals surface area (Å²) in [6, 6.07) is 10.9. The Bertz CT molecular complexity index is 1290. The molecule has 0 aromatic heterocycles. The number of hydrogen-bond acceptors (Lipinski definition) is 9. The van der Waals surface area contributed by atoms with Gasteiger partial charge in [0, 0.05) is 24.3 Å². The normalized spacial score (nSPS) is 36.1. The van der Waals surface area contributed by atoms with E-state index < -0.39 is 57.8 Å². The van der Waals surface area contributed by atoms with Crippen LogP contribution in [-0.2, 0) is 23.8 Å². The highest BCUT2D eigenvalue weighted by Crippen LogP contribution is 2.55. The van der Waals surface area contributed by atoms with Gasteiger partial charge >= 0.3 is 0 Å². The maximum atomic E-state index is 13.7. The fourth-order valence-corrected chi connectivity index (χ4v) is 5.88. The lowest BCUT2D eigenvalue weighted by Crippen LogP contribution is -2.62. The molecule has 2 bridgehead atoms. The molecule has 0 spiro atoms. The number of nitro groups is 2. The minimum atomic E-state index is -1.15. The number of carbonyl (C=O) groups excluding carboxylic acids is 2. The Labute approximate surface area is 222 Å². The minimum Gasteiger partial charge on any atom is -0.351 e. The van der Waals surface area contributed by atoms with Crippen LogP contribution in [-0.4, -0.2) is 67.2 Å². The van der Waals surface area contributed by atoms with Gasteiger partial charge in [-0.05, 0) is 63.1 Å². The van der Waals surface area contributed by atoms with Crippen molar-refractivity contribution in [1.82, 2.24) is 9.80 Å². The number of rotatable bonds is 6. The largest absolute Gasteiger partial charge is 0.351 e. The number of non-ortho nitro benzene ring substituents is 2. The summed E-state index contributed by atoms with van der Waals surface area (Å²) in [6.07, 6.45) is -2.46. The number of carbonyl (C=O) groups is 2. The monoisotopic (exact) mass is 538 g/mol. The summed E-state index contributed by atoms with van der Waals surface area (Å²) in [4.78, 5) is 51.5. The zero-order valence-corrected chi connectivity index (χ0v) is 21.5. The highest BCUT2D eigenvalue weighted by molar-refractivity contribution is 5.92. The van der Waals surface area contributed by atoms with Crippen molar-refractivity contribution in [3.05, 3.63) is 79.9 Å². The topological polar surface area (TPSA) is 161 Å². The number of ether oxygens (including phenoxy) is 3. The molecular formula is C26H26N4O9. The first-order valence-electron chi connectivity index (χ1n) is 12.5. The van der Waals surface area contributed by atoms with Crippen LogP contribution in [0.1, 0.15) is 51.0 Å². The van der Waals surface area contributed by atoms with Crippen LogP contribution in [0.25, 0.3) is 0 Å². The van der Waals surface area contributed by atoms with Crippen LogP contribution in [0.2, 0.25) is 0 Å². The Morgan fingerprint density at radius 1 is 0.718 bits per heavy atom. The second kappa shape index (κ2) is 8.28. The van der Waals surface area contributed by atoms with Crippen molar-refractivity contribution in [2.45, 2.75) is 75.6 Å². The van der Waals surface area contributed by atoms with Gasteiger partial charge in [0.05, 0.1) is 21.9 Å². The number of fused-ring (bicyclic) bond motifs is 2. The molecule has 39 heavy (non-hydrogen) atoms. The minimum absolute atomic E-state index is 0.0472. The average Bonchev–Trinajstić information content (AvgIpc) is 3.73. The van der Waals surface area contributed by atoms with Gasteiger partial charge in [-0.2, -0.15) is 0 Å². The molecule has 2 amide bonds. The summed E-state index contributed by atoms with van der Waals surface area (Å²) in [7, 11) is 0. The molecule has 8 atom stereocenters. The number of nitro benzene ring substituents is 2. The maximum Gasteiger partial charge on any atom is 0.269 e. The lowest BCUT2D eigenvalue weighted by molar-refractivity contribution is -0.385. The van der Waals surface area contributed by atoms with E-state index in [1.165, 1.54) is 24.3 Å². The third-order valence-electron chi connectivity index (χ3n) is 8.27. The number of hydrogen-bond donors (Lipinski definition) is 0. The molecule has 4 aliphatic rings. The van der Waals surface area contributed by atoms with Crippen LogP contribution in [0, 0.1) is 20.2 Å². The van der Waals surface area contributed by atoms with Crippen LogP contribution in [0.4, 0.5) is 11.4 Å². The van der Waals surface area contributed by atoms with Crippen molar-refractivity contribution in [3.8, 4) is 0 Å². The summed E-state index contributed by atoms with van der Waals surface area (Å²) >= 11 is 0. The van der Waals surface area contributed by atoms with E-state index in [4.69, 9.17) is 14.2 Å². The van der Waals surface area contributed by atoms with Crippen molar-refractivity contribution in [1.29, 1.82) is 0 Å². The third kappa shape index (κ3) is 3.64. The molecule has 0 saturated carbocycles. The molecule has 0 radical (unpaired) electrons.